The van der Waals surface area contributed by atoms with Gasteiger partial charge in [0, 0.05) is 23.4 Å². The van der Waals surface area contributed by atoms with E-state index in [0.29, 0.717) is 10.0 Å². The molecule has 1 fully saturated rings. The van der Waals surface area contributed by atoms with Crippen LogP contribution in [0.3, 0.4) is 0 Å². The minimum absolute atomic E-state index is 0.0117. The molecule has 0 aliphatic carbocycles. The van der Waals surface area contributed by atoms with Crippen LogP contribution in [0.15, 0.2) is 27.6 Å². The van der Waals surface area contributed by atoms with Crippen LogP contribution < -0.4 is 0 Å². The molecule has 1 saturated heterocycles. The van der Waals surface area contributed by atoms with E-state index in [1.807, 2.05) is 0 Å². The van der Waals surface area contributed by atoms with Crippen LogP contribution in [0.2, 0.25) is 0 Å². The standard InChI is InChI=1S/C11H13BrClNO4S2/c12-10-2-1-9(8-13)7-11(10)20(17,18)14-3-5-19(15,16)6-4-14/h1-2,7H,3-6,8H2. The Morgan fingerprint density at radius 1 is 1.25 bits per heavy atom. The third kappa shape index (κ3) is 3.36. The second-order valence-electron chi connectivity index (χ2n) is 4.45. The fourth-order valence-corrected chi connectivity index (χ4v) is 5.92. The highest BCUT2D eigenvalue weighted by molar-refractivity contribution is 9.10. The zero-order valence-corrected chi connectivity index (χ0v) is 14.4. The van der Waals surface area contributed by atoms with Gasteiger partial charge in [-0.2, -0.15) is 4.31 Å². The monoisotopic (exact) mass is 401 g/mol. The highest BCUT2D eigenvalue weighted by Crippen LogP contribution is 2.27. The van der Waals surface area contributed by atoms with Gasteiger partial charge in [0.25, 0.3) is 0 Å². The molecule has 1 heterocycles. The Hall–Kier alpha value is -0.150. The van der Waals surface area contributed by atoms with Crippen LogP contribution in [0, 0.1) is 0 Å². The second-order valence-corrected chi connectivity index (χ2v) is 9.79. The van der Waals surface area contributed by atoms with Gasteiger partial charge in [-0.25, -0.2) is 16.8 Å². The van der Waals surface area contributed by atoms with Crippen LogP contribution in [0.25, 0.3) is 0 Å². The lowest BCUT2D eigenvalue weighted by Gasteiger charge is -2.26. The lowest BCUT2D eigenvalue weighted by molar-refractivity contribution is 0.430. The molecule has 0 bridgehead atoms. The van der Waals surface area contributed by atoms with Crippen molar-refractivity contribution in [3.8, 4) is 0 Å². The molecule has 0 unspecified atom stereocenters. The predicted octanol–water partition coefficient (Wildman–Crippen LogP) is 1.61. The smallest absolute Gasteiger partial charge is 0.229 e. The molecule has 0 spiro atoms. The summed E-state index contributed by atoms with van der Waals surface area (Å²) < 4.78 is 49.5. The normalized spacial score (nSPS) is 19.9. The molecule has 1 aliphatic heterocycles. The zero-order valence-electron chi connectivity index (χ0n) is 10.4. The second kappa shape index (κ2) is 5.92. The summed E-state index contributed by atoms with van der Waals surface area (Å²) in [4.78, 5) is 0.120. The number of rotatable bonds is 3. The van der Waals surface area contributed by atoms with E-state index in [-0.39, 0.29) is 35.4 Å². The van der Waals surface area contributed by atoms with Gasteiger partial charge in [-0.05, 0) is 33.6 Å². The Kier molecular flexibility index (Phi) is 4.80. The van der Waals surface area contributed by atoms with Crippen molar-refractivity contribution in [2.45, 2.75) is 10.8 Å². The Balaban J connectivity index is 2.36. The Bertz CT molecular complexity index is 704. The quantitative estimate of drug-likeness (QED) is 0.720. The first kappa shape index (κ1) is 16.2. The van der Waals surface area contributed by atoms with Gasteiger partial charge in [0.05, 0.1) is 16.4 Å². The lowest BCUT2D eigenvalue weighted by atomic mass is 10.2. The molecule has 0 saturated carbocycles. The molecule has 0 N–H and O–H groups in total. The van der Waals surface area contributed by atoms with E-state index in [1.54, 1.807) is 12.1 Å². The number of halogens is 2. The van der Waals surface area contributed by atoms with Crippen molar-refractivity contribution < 1.29 is 16.8 Å². The molecule has 112 valence electrons. The Labute approximate surface area is 132 Å². The summed E-state index contributed by atoms with van der Waals surface area (Å²) in [5, 5.41) is 0. The van der Waals surface area contributed by atoms with E-state index >= 15 is 0 Å². The van der Waals surface area contributed by atoms with Gasteiger partial charge in [0.15, 0.2) is 9.84 Å². The fraction of sp³-hybridized carbons (Fsp3) is 0.455. The lowest BCUT2D eigenvalue weighted by Crippen LogP contribution is -2.43. The van der Waals surface area contributed by atoms with Gasteiger partial charge in [-0.3, -0.25) is 0 Å². The van der Waals surface area contributed by atoms with Crippen molar-refractivity contribution in [2.24, 2.45) is 0 Å². The van der Waals surface area contributed by atoms with Crippen LogP contribution in [-0.4, -0.2) is 45.7 Å². The summed E-state index contributed by atoms with van der Waals surface area (Å²) in [6.45, 7) is -0.0234. The molecular formula is C11H13BrClNO4S2. The summed E-state index contributed by atoms with van der Waals surface area (Å²) in [6.07, 6.45) is 0. The first-order valence-electron chi connectivity index (χ1n) is 5.81. The maximum atomic E-state index is 12.5. The van der Waals surface area contributed by atoms with Gasteiger partial charge in [-0.15, -0.1) is 11.6 Å². The largest absolute Gasteiger partial charge is 0.244 e. The van der Waals surface area contributed by atoms with Crippen molar-refractivity contribution >= 4 is 47.4 Å². The molecule has 0 aromatic heterocycles. The predicted molar refractivity (Wildman–Crippen MR) is 81.1 cm³/mol. The SMILES string of the molecule is O=S1(=O)CCN(S(=O)(=O)c2cc(CCl)ccc2Br)CC1. The summed E-state index contributed by atoms with van der Waals surface area (Å²) >= 11 is 8.94. The van der Waals surface area contributed by atoms with E-state index in [0.717, 1.165) is 0 Å². The van der Waals surface area contributed by atoms with Crippen LogP contribution >= 0.6 is 27.5 Å². The molecule has 20 heavy (non-hydrogen) atoms. The molecule has 0 atom stereocenters. The van der Waals surface area contributed by atoms with Crippen LogP contribution in [0.1, 0.15) is 5.56 Å². The summed E-state index contributed by atoms with van der Waals surface area (Å²) in [7, 11) is -6.83. The average molecular weight is 403 g/mol. The number of sulfone groups is 1. The highest BCUT2D eigenvalue weighted by Gasteiger charge is 2.32. The molecular weight excluding hydrogens is 390 g/mol. The molecule has 1 aromatic carbocycles. The number of hydrogen-bond acceptors (Lipinski definition) is 4. The molecule has 0 radical (unpaired) electrons. The minimum atomic E-state index is -3.71. The zero-order chi connectivity index (χ0) is 15.0. The third-order valence-corrected chi connectivity index (χ3v) is 7.88. The number of hydrogen-bond donors (Lipinski definition) is 0. The first-order chi connectivity index (χ1) is 9.26. The summed E-state index contributed by atoms with van der Waals surface area (Å²) in [6, 6.07) is 4.87. The van der Waals surface area contributed by atoms with Crippen LogP contribution in [0.5, 0.6) is 0 Å². The molecule has 9 heteroatoms. The van der Waals surface area contributed by atoms with Crippen molar-refractivity contribution in [2.75, 3.05) is 24.6 Å². The van der Waals surface area contributed by atoms with Crippen molar-refractivity contribution in [3.63, 3.8) is 0 Å². The van der Waals surface area contributed by atoms with Crippen molar-refractivity contribution in [1.82, 2.24) is 4.31 Å². The number of benzene rings is 1. The topological polar surface area (TPSA) is 71.5 Å². The maximum Gasteiger partial charge on any atom is 0.244 e. The molecule has 0 amide bonds. The van der Waals surface area contributed by atoms with Gasteiger partial charge in [0.1, 0.15) is 0 Å². The Morgan fingerprint density at radius 3 is 2.40 bits per heavy atom. The van der Waals surface area contributed by atoms with Gasteiger partial charge in [-0.1, -0.05) is 6.07 Å². The number of alkyl halides is 1. The van der Waals surface area contributed by atoms with Gasteiger partial charge >= 0.3 is 0 Å². The van der Waals surface area contributed by atoms with E-state index in [9.17, 15) is 16.8 Å². The van der Waals surface area contributed by atoms with Crippen molar-refractivity contribution in [1.29, 1.82) is 0 Å². The average Bonchev–Trinajstić information content (AvgIpc) is 2.38. The number of nitrogens with zero attached hydrogens (tertiary/aromatic N) is 1. The van der Waals surface area contributed by atoms with E-state index < -0.39 is 19.9 Å². The van der Waals surface area contributed by atoms with Crippen molar-refractivity contribution in [3.05, 3.63) is 28.2 Å². The summed E-state index contributed by atoms with van der Waals surface area (Å²) in [5.74, 6) is -0.0672. The van der Waals surface area contributed by atoms with E-state index in [2.05, 4.69) is 15.9 Å². The minimum Gasteiger partial charge on any atom is -0.229 e. The maximum absolute atomic E-state index is 12.5. The van der Waals surface area contributed by atoms with E-state index in [4.69, 9.17) is 11.6 Å². The molecule has 1 aliphatic rings. The molecule has 2 rings (SSSR count). The van der Waals surface area contributed by atoms with Gasteiger partial charge in [0.2, 0.25) is 10.0 Å². The van der Waals surface area contributed by atoms with Crippen LogP contribution in [0.4, 0.5) is 0 Å². The van der Waals surface area contributed by atoms with E-state index in [1.165, 1.54) is 10.4 Å². The third-order valence-electron chi connectivity index (χ3n) is 3.07. The molecule has 1 aromatic rings. The fourth-order valence-electron chi connectivity index (χ4n) is 1.90. The molecule has 5 nitrogen and oxygen atoms in total. The van der Waals surface area contributed by atoms with Gasteiger partial charge < -0.3 is 0 Å². The first-order valence-corrected chi connectivity index (χ1v) is 10.4. The number of sulfonamides is 1. The highest BCUT2D eigenvalue weighted by atomic mass is 79.9. The summed E-state index contributed by atoms with van der Waals surface area (Å²) in [5.41, 5.74) is 0.693. The Morgan fingerprint density at radius 2 is 1.85 bits per heavy atom. The van der Waals surface area contributed by atoms with Crippen LogP contribution in [-0.2, 0) is 25.7 Å².